The van der Waals surface area contributed by atoms with Crippen molar-refractivity contribution >= 4 is 34.3 Å². The Morgan fingerprint density at radius 3 is 2.65 bits per heavy atom. The number of carbonyl (C=O) groups is 1. The van der Waals surface area contributed by atoms with Crippen LogP contribution in [0.2, 0.25) is 0 Å². The molecule has 0 aliphatic heterocycles. The number of rotatable bonds is 5. The second kappa shape index (κ2) is 7.21. The van der Waals surface area contributed by atoms with E-state index in [1.165, 1.54) is 6.92 Å². The van der Waals surface area contributed by atoms with Crippen LogP contribution in [0, 0.1) is 5.92 Å². The number of benzene rings is 1. The largest absolute Gasteiger partial charge is 0.442 e. The van der Waals surface area contributed by atoms with E-state index in [9.17, 15) is 18.0 Å². The van der Waals surface area contributed by atoms with Crippen LogP contribution in [0.4, 0.5) is 18.9 Å². The lowest BCUT2D eigenvalue weighted by Crippen LogP contribution is -2.30. The van der Waals surface area contributed by atoms with Gasteiger partial charge in [0.1, 0.15) is 0 Å². The van der Waals surface area contributed by atoms with E-state index in [1.807, 2.05) is 12.1 Å². The van der Waals surface area contributed by atoms with E-state index in [2.05, 4.69) is 10.3 Å². The van der Waals surface area contributed by atoms with Crippen LogP contribution < -0.4 is 5.32 Å². The number of aromatic nitrogens is 1. The van der Waals surface area contributed by atoms with Crippen LogP contribution in [0.25, 0.3) is 10.9 Å². The van der Waals surface area contributed by atoms with Gasteiger partial charge in [-0.15, -0.1) is 0 Å². The molecule has 0 radical (unpaired) electrons. The van der Waals surface area contributed by atoms with E-state index >= 15 is 0 Å². The number of para-hydroxylation sites is 1. The zero-order chi connectivity index (χ0) is 17.0. The van der Waals surface area contributed by atoms with Crippen molar-refractivity contribution in [1.82, 2.24) is 4.98 Å². The number of hydrogen-bond acceptors (Lipinski definition) is 3. The molecule has 2 unspecified atom stereocenters. The summed E-state index contributed by atoms with van der Waals surface area (Å²) in [5, 5.41) is 2.72. The summed E-state index contributed by atoms with van der Waals surface area (Å²) in [6.45, 7) is 3.13. The summed E-state index contributed by atoms with van der Waals surface area (Å²) < 4.78 is 37.6. The summed E-state index contributed by atoms with van der Waals surface area (Å²) in [5.74, 6) is -1.16. The van der Waals surface area contributed by atoms with Crippen LogP contribution in [0.1, 0.15) is 20.3 Å². The molecule has 2 rings (SSSR count). The Balaban J connectivity index is 2.18. The summed E-state index contributed by atoms with van der Waals surface area (Å²) in [5.41, 5.74) is -3.22. The first-order chi connectivity index (χ1) is 10.8. The van der Waals surface area contributed by atoms with E-state index in [1.54, 1.807) is 31.3 Å². The number of alkyl halides is 3. The third-order valence-corrected chi connectivity index (χ3v) is 4.52. The van der Waals surface area contributed by atoms with Crippen LogP contribution in [-0.2, 0) is 4.79 Å². The fourth-order valence-corrected chi connectivity index (χ4v) is 3.36. The maximum Gasteiger partial charge on any atom is 0.442 e. The van der Waals surface area contributed by atoms with E-state index in [4.69, 9.17) is 0 Å². The lowest BCUT2D eigenvalue weighted by atomic mass is 10.0. The van der Waals surface area contributed by atoms with Gasteiger partial charge in [0.25, 0.3) is 0 Å². The molecule has 7 heteroatoms. The topological polar surface area (TPSA) is 42.0 Å². The van der Waals surface area contributed by atoms with E-state index < -0.39 is 22.6 Å². The van der Waals surface area contributed by atoms with Gasteiger partial charge in [-0.1, -0.05) is 32.0 Å². The Labute approximate surface area is 136 Å². The molecular formula is C16H17F3N2OS. The molecule has 1 amide bonds. The molecule has 2 atom stereocenters. The van der Waals surface area contributed by atoms with Crippen LogP contribution in [-0.4, -0.2) is 21.6 Å². The number of pyridine rings is 1. The zero-order valence-corrected chi connectivity index (χ0v) is 13.5. The first-order valence-electron chi connectivity index (χ1n) is 7.21. The minimum Gasteiger partial charge on any atom is -0.324 e. The van der Waals surface area contributed by atoms with Crippen molar-refractivity contribution in [3.05, 3.63) is 36.5 Å². The fraction of sp³-hybridized carbons (Fsp3) is 0.375. The summed E-state index contributed by atoms with van der Waals surface area (Å²) in [7, 11) is 0. The number of thioether (sulfide) groups is 1. The molecule has 0 spiro atoms. The fourth-order valence-electron chi connectivity index (χ4n) is 2.45. The molecular weight excluding hydrogens is 325 g/mol. The van der Waals surface area contributed by atoms with Crippen molar-refractivity contribution < 1.29 is 18.0 Å². The number of nitrogens with one attached hydrogen (secondary N) is 1. The first kappa shape index (κ1) is 17.6. The summed E-state index contributed by atoms with van der Waals surface area (Å²) >= 11 is -0.145. The van der Waals surface area contributed by atoms with Crippen molar-refractivity contribution in [2.24, 2.45) is 5.92 Å². The SMILES string of the molecule is CCC(C(=O)Nc1cccc2cccnc12)C(C)SC(F)(F)F. The minimum absolute atomic E-state index is 0.145. The molecule has 0 bridgehead atoms. The molecule has 1 aromatic heterocycles. The van der Waals surface area contributed by atoms with Gasteiger partial charge >= 0.3 is 5.51 Å². The second-order valence-corrected chi connectivity index (χ2v) is 6.60. The van der Waals surface area contributed by atoms with Crippen LogP contribution in [0.15, 0.2) is 36.5 Å². The molecule has 2 aromatic rings. The lowest BCUT2D eigenvalue weighted by Gasteiger charge is -2.22. The predicted molar refractivity (Wildman–Crippen MR) is 87.3 cm³/mol. The molecule has 0 fully saturated rings. The molecule has 1 N–H and O–H groups in total. The minimum atomic E-state index is -4.35. The number of carbonyl (C=O) groups excluding carboxylic acids is 1. The smallest absolute Gasteiger partial charge is 0.324 e. The average Bonchev–Trinajstić information content (AvgIpc) is 2.46. The summed E-state index contributed by atoms with van der Waals surface area (Å²) in [6.07, 6.45) is 1.94. The van der Waals surface area contributed by atoms with Crippen molar-refractivity contribution in [2.75, 3.05) is 5.32 Å². The highest BCUT2D eigenvalue weighted by Gasteiger charge is 2.36. The van der Waals surface area contributed by atoms with Gasteiger partial charge in [-0.2, -0.15) is 13.2 Å². The number of fused-ring (bicyclic) bond motifs is 1. The second-order valence-electron chi connectivity index (χ2n) is 5.15. The molecule has 0 saturated carbocycles. The predicted octanol–water partition coefficient (Wildman–Crippen LogP) is 4.84. The van der Waals surface area contributed by atoms with Crippen molar-refractivity contribution in [3.63, 3.8) is 0 Å². The van der Waals surface area contributed by atoms with Crippen LogP contribution in [0.3, 0.4) is 0 Å². The first-order valence-corrected chi connectivity index (χ1v) is 8.09. The van der Waals surface area contributed by atoms with E-state index in [0.717, 1.165) is 5.39 Å². The highest BCUT2D eigenvalue weighted by molar-refractivity contribution is 8.00. The molecule has 3 nitrogen and oxygen atoms in total. The van der Waals surface area contributed by atoms with E-state index in [-0.39, 0.29) is 11.8 Å². The Kier molecular flexibility index (Phi) is 5.51. The van der Waals surface area contributed by atoms with Crippen LogP contribution >= 0.6 is 11.8 Å². The Hall–Kier alpha value is -1.76. The normalized spacial score (nSPS) is 14.5. The van der Waals surface area contributed by atoms with Gasteiger partial charge < -0.3 is 5.32 Å². The Morgan fingerprint density at radius 2 is 2.00 bits per heavy atom. The molecule has 0 aliphatic rings. The standard InChI is InChI=1S/C16H17F3N2OS/c1-3-12(10(2)23-16(17,18)19)15(22)21-13-8-4-6-11-7-5-9-20-14(11)13/h4-10,12H,3H2,1-2H3,(H,21,22). The van der Waals surface area contributed by atoms with Gasteiger partial charge in [-0.3, -0.25) is 9.78 Å². The van der Waals surface area contributed by atoms with Gasteiger partial charge in [-0.25, -0.2) is 0 Å². The number of amides is 1. The summed E-state index contributed by atoms with van der Waals surface area (Å²) in [4.78, 5) is 16.6. The molecule has 0 saturated heterocycles. The quantitative estimate of drug-likeness (QED) is 0.845. The number of halogens is 3. The van der Waals surface area contributed by atoms with Crippen LogP contribution in [0.5, 0.6) is 0 Å². The molecule has 0 aliphatic carbocycles. The zero-order valence-electron chi connectivity index (χ0n) is 12.7. The molecule has 23 heavy (non-hydrogen) atoms. The van der Waals surface area contributed by atoms with Crippen molar-refractivity contribution in [1.29, 1.82) is 0 Å². The number of anilines is 1. The number of nitrogens with zero attached hydrogens (tertiary/aromatic N) is 1. The maximum atomic E-state index is 12.5. The lowest BCUT2D eigenvalue weighted by molar-refractivity contribution is -0.119. The maximum absolute atomic E-state index is 12.5. The third-order valence-electron chi connectivity index (χ3n) is 3.55. The van der Waals surface area contributed by atoms with Gasteiger partial charge in [0.05, 0.1) is 11.2 Å². The van der Waals surface area contributed by atoms with Gasteiger partial charge in [0, 0.05) is 22.8 Å². The Bertz CT molecular complexity index is 685. The Morgan fingerprint density at radius 1 is 1.30 bits per heavy atom. The highest BCUT2D eigenvalue weighted by atomic mass is 32.2. The summed E-state index contributed by atoms with van der Waals surface area (Å²) in [6, 6.07) is 8.97. The monoisotopic (exact) mass is 342 g/mol. The van der Waals surface area contributed by atoms with Crippen molar-refractivity contribution in [2.45, 2.75) is 31.0 Å². The van der Waals surface area contributed by atoms with Gasteiger partial charge in [0.15, 0.2) is 0 Å². The molecule has 124 valence electrons. The highest BCUT2D eigenvalue weighted by Crippen LogP contribution is 2.38. The molecule has 1 heterocycles. The van der Waals surface area contributed by atoms with Gasteiger partial charge in [-0.05, 0) is 30.3 Å². The average molecular weight is 342 g/mol. The van der Waals surface area contributed by atoms with Gasteiger partial charge in [0.2, 0.25) is 5.91 Å². The third kappa shape index (κ3) is 4.60. The molecule has 1 aromatic carbocycles. The van der Waals surface area contributed by atoms with Crippen molar-refractivity contribution in [3.8, 4) is 0 Å². The number of hydrogen-bond donors (Lipinski definition) is 1. The van der Waals surface area contributed by atoms with E-state index in [0.29, 0.717) is 17.6 Å².